The Balaban J connectivity index is 2.13. The lowest BCUT2D eigenvalue weighted by Crippen LogP contribution is -2.23. The zero-order valence-electron chi connectivity index (χ0n) is 10.8. The van der Waals surface area contributed by atoms with E-state index >= 15 is 0 Å². The molecule has 1 atom stereocenters. The smallest absolute Gasteiger partial charge is 0.123 e. The van der Waals surface area contributed by atoms with Gasteiger partial charge in [0.1, 0.15) is 5.82 Å². The molecule has 17 heavy (non-hydrogen) atoms. The molecule has 0 bridgehead atoms. The molecule has 1 N–H and O–H groups in total. The van der Waals surface area contributed by atoms with Crippen molar-refractivity contribution in [1.29, 1.82) is 0 Å². The first-order valence-corrected chi connectivity index (χ1v) is 6.70. The van der Waals surface area contributed by atoms with Crippen LogP contribution in [0.4, 0.5) is 4.39 Å². The summed E-state index contributed by atoms with van der Waals surface area (Å²) >= 11 is 0. The molecular formula is C15H22FN. The number of benzene rings is 1. The average molecular weight is 235 g/mol. The second-order valence-electron chi connectivity index (χ2n) is 5.19. The monoisotopic (exact) mass is 235 g/mol. The van der Waals surface area contributed by atoms with Gasteiger partial charge in [-0.3, -0.25) is 0 Å². The maximum Gasteiger partial charge on any atom is 0.123 e. The van der Waals surface area contributed by atoms with Crippen LogP contribution in [-0.2, 0) is 0 Å². The van der Waals surface area contributed by atoms with Gasteiger partial charge in [0.25, 0.3) is 0 Å². The summed E-state index contributed by atoms with van der Waals surface area (Å²) in [6.07, 6.45) is 4.97. The Morgan fingerprint density at radius 1 is 1.41 bits per heavy atom. The summed E-state index contributed by atoms with van der Waals surface area (Å²) in [5.74, 6) is 0.733. The van der Waals surface area contributed by atoms with Gasteiger partial charge in [-0.15, -0.1) is 0 Å². The van der Waals surface area contributed by atoms with Gasteiger partial charge in [0.2, 0.25) is 0 Å². The molecule has 1 aliphatic rings. The van der Waals surface area contributed by atoms with E-state index in [9.17, 15) is 4.39 Å². The van der Waals surface area contributed by atoms with Gasteiger partial charge < -0.3 is 5.32 Å². The Labute approximate surface area is 103 Å². The third-order valence-corrected chi connectivity index (χ3v) is 3.52. The van der Waals surface area contributed by atoms with E-state index in [-0.39, 0.29) is 5.82 Å². The van der Waals surface area contributed by atoms with Crippen LogP contribution in [0.5, 0.6) is 0 Å². The maximum atomic E-state index is 13.4. The molecule has 1 aliphatic carbocycles. The molecule has 1 aromatic rings. The third-order valence-electron chi connectivity index (χ3n) is 3.52. The van der Waals surface area contributed by atoms with Crippen molar-refractivity contribution in [1.82, 2.24) is 5.32 Å². The van der Waals surface area contributed by atoms with Crippen LogP contribution in [-0.4, -0.2) is 6.54 Å². The van der Waals surface area contributed by atoms with Crippen molar-refractivity contribution in [2.45, 2.75) is 45.6 Å². The van der Waals surface area contributed by atoms with Gasteiger partial charge in [-0.1, -0.05) is 25.8 Å². The molecule has 0 aromatic heterocycles. The highest BCUT2D eigenvalue weighted by Gasteiger charge is 2.26. The first kappa shape index (κ1) is 12.6. The summed E-state index contributed by atoms with van der Waals surface area (Å²) in [6.45, 7) is 5.25. The van der Waals surface area contributed by atoms with E-state index in [4.69, 9.17) is 0 Å². The van der Waals surface area contributed by atoms with Crippen LogP contribution in [0.3, 0.4) is 0 Å². The van der Waals surface area contributed by atoms with Gasteiger partial charge >= 0.3 is 0 Å². The van der Waals surface area contributed by atoms with Crippen molar-refractivity contribution < 1.29 is 4.39 Å². The molecule has 1 unspecified atom stereocenters. The zero-order chi connectivity index (χ0) is 12.3. The van der Waals surface area contributed by atoms with Crippen LogP contribution < -0.4 is 5.32 Å². The summed E-state index contributed by atoms with van der Waals surface area (Å²) in [5, 5.41) is 3.56. The van der Waals surface area contributed by atoms with Crippen LogP contribution in [0, 0.1) is 18.7 Å². The fourth-order valence-electron chi connectivity index (χ4n) is 2.31. The van der Waals surface area contributed by atoms with Crippen LogP contribution in [0.2, 0.25) is 0 Å². The Morgan fingerprint density at radius 3 is 2.82 bits per heavy atom. The van der Waals surface area contributed by atoms with Crippen molar-refractivity contribution >= 4 is 0 Å². The largest absolute Gasteiger partial charge is 0.310 e. The molecule has 0 spiro atoms. The van der Waals surface area contributed by atoms with Gasteiger partial charge in [-0.25, -0.2) is 4.39 Å². The highest BCUT2D eigenvalue weighted by molar-refractivity contribution is 5.29. The number of hydrogen-bond donors (Lipinski definition) is 1. The first-order chi connectivity index (χ1) is 8.20. The van der Waals surface area contributed by atoms with Crippen molar-refractivity contribution in [3.8, 4) is 0 Å². The topological polar surface area (TPSA) is 12.0 Å². The second-order valence-corrected chi connectivity index (χ2v) is 5.19. The second kappa shape index (κ2) is 5.63. The molecule has 94 valence electrons. The van der Waals surface area contributed by atoms with Crippen LogP contribution in [0.15, 0.2) is 18.2 Å². The Hall–Kier alpha value is -0.890. The minimum absolute atomic E-state index is 0.121. The highest BCUT2D eigenvalue weighted by Crippen LogP contribution is 2.38. The SMILES string of the molecule is CCCNC(CC1CC1)c1cc(F)ccc1C. The summed E-state index contributed by atoms with van der Waals surface area (Å²) in [6, 6.07) is 5.47. The van der Waals surface area contributed by atoms with Crippen molar-refractivity contribution in [2.75, 3.05) is 6.54 Å². The van der Waals surface area contributed by atoms with E-state index in [2.05, 4.69) is 19.2 Å². The van der Waals surface area contributed by atoms with Gasteiger partial charge in [-0.2, -0.15) is 0 Å². The van der Waals surface area contributed by atoms with Gasteiger partial charge in [-0.05, 0) is 55.5 Å². The number of aryl methyl sites for hydroxylation is 1. The number of halogens is 1. The summed E-state index contributed by atoms with van der Waals surface area (Å²) < 4.78 is 13.4. The van der Waals surface area contributed by atoms with Gasteiger partial charge in [0.05, 0.1) is 0 Å². The summed E-state index contributed by atoms with van der Waals surface area (Å²) in [4.78, 5) is 0. The molecule has 0 heterocycles. The highest BCUT2D eigenvalue weighted by atomic mass is 19.1. The number of nitrogens with one attached hydrogen (secondary N) is 1. The van der Waals surface area contributed by atoms with Crippen LogP contribution in [0.25, 0.3) is 0 Å². The Kier molecular flexibility index (Phi) is 4.16. The molecule has 0 radical (unpaired) electrons. The fraction of sp³-hybridized carbons (Fsp3) is 0.600. The molecule has 1 saturated carbocycles. The average Bonchev–Trinajstić information content (AvgIpc) is 3.11. The third kappa shape index (κ3) is 3.53. The zero-order valence-corrected chi connectivity index (χ0v) is 10.8. The maximum absolute atomic E-state index is 13.4. The quantitative estimate of drug-likeness (QED) is 0.786. The molecule has 1 aromatic carbocycles. The Bertz CT molecular complexity index is 371. The van der Waals surface area contributed by atoms with Crippen molar-refractivity contribution in [3.05, 3.63) is 35.1 Å². The van der Waals surface area contributed by atoms with E-state index in [1.807, 2.05) is 6.07 Å². The van der Waals surface area contributed by atoms with E-state index in [1.54, 1.807) is 12.1 Å². The first-order valence-electron chi connectivity index (χ1n) is 6.70. The molecule has 2 rings (SSSR count). The van der Waals surface area contributed by atoms with Crippen molar-refractivity contribution in [3.63, 3.8) is 0 Å². The molecule has 1 fully saturated rings. The van der Waals surface area contributed by atoms with E-state index < -0.39 is 0 Å². The van der Waals surface area contributed by atoms with Gasteiger partial charge in [0.15, 0.2) is 0 Å². The normalized spacial score (nSPS) is 17.1. The number of rotatable bonds is 6. The molecule has 1 nitrogen and oxygen atoms in total. The van der Waals surface area contributed by atoms with Gasteiger partial charge in [0, 0.05) is 6.04 Å². The molecule has 2 heteroatoms. The fourth-order valence-corrected chi connectivity index (χ4v) is 2.31. The molecular weight excluding hydrogens is 213 g/mol. The standard InChI is InChI=1S/C15H22FN/c1-3-8-17-15(9-12-5-6-12)14-10-13(16)7-4-11(14)2/h4,7,10,12,15,17H,3,5-6,8-9H2,1-2H3. The lowest BCUT2D eigenvalue weighted by molar-refractivity contribution is 0.469. The molecule has 0 aliphatic heterocycles. The Morgan fingerprint density at radius 2 is 2.18 bits per heavy atom. The molecule has 0 saturated heterocycles. The van der Waals surface area contributed by atoms with Crippen LogP contribution >= 0.6 is 0 Å². The van der Waals surface area contributed by atoms with Crippen molar-refractivity contribution in [2.24, 2.45) is 5.92 Å². The lowest BCUT2D eigenvalue weighted by Gasteiger charge is -2.21. The minimum Gasteiger partial charge on any atom is -0.310 e. The predicted octanol–water partition coefficient (Wildman–Crippen LogP) is 3.97. The predicted molar refractivity (Wildman–Crippen MR) is 69.5 cm³/mol. The van der Waals surface area contributed by atoms with E-state index in [0.717, 1.165) is 30.9 Å². The summed E-state index contributed by atoms with van der Waals surface area (Å²) in [5.41, 5.74) is 2.34. The number of hydrogen-bond acceptors (Lipinski definition) is 1. The minimum atomic E-state index is -0.121. The van der Waals surface area contributed by atoms with Crippen LogP contribution in [0.1, 0.15) is 49.8 Å². The van der Waals surface area contributed by atoms with E-state index in [0.29, 0.717) is 6.04 Å². The van der Waals surface area contributed by atoms with E-state index in [1.165, 1.54) is 18.4 Å². The summed E-state index contributed by atoms with van der Waals surface area (Å²) in [7, 11) is 0. The lowest BCUT2D eigenvalue weighted by atomic mass is 9.96. The molecule has 0 amide bonds.